The van der Waals surface area contributed by atoms with Crippen molar-refractivity contribution >= 4 is 17.7 Å². The molecule has 6 atom stereocenters. The number of carbonyl (C=O) groups is 1. The van der Waals surface area contributed by atoms with Gasteiger partial charge < -0.3 is 30.6 Å². The summed E-state index contributed by atoms with van der Waals surface area (Å²) in [5, 5.41) is 58.2. The number of rotatable bonds is 6. The first-order valence-corrected chi connectivity index (χ1v) is 6.99. The Kier molecular flexibility index (Phi) is 5.79. The molecule has 0 bridgehead atoms. The van der Waals surface area contributed by atoms with Gasteiger partial charge in [0.1, 0.15) is 30.5 Å². The fourth-order valence-corrected chi connectivity index (χ4v) is 3.51. The van der Waals surface area contributed by atoms with Gasteiger partial charge in [0.25, 0.3) is 0 Å². The smallest absolute Gasteiger partial charge is 0.322 e. The van der Waals surface area contributed by atoms with Crippen molar-refractivity contribution in [3.8, 4) is 0 Å². The first kappa shape index (κ1) is 17.6. The Morgan fingerprint density at radius 3 is 2.20 bits per heavy atom. The summed E-state index contributed by atoms with van der Waals surface area (Å²) in [4.78, 5) is 11.1. The third kappa shape index (κ3) is 3.61. The maximum atomic E-state index is 11.1. The van der Waals surface area contributed by atoms with Crippen molar-refractivity contribution in [2.24, 2.45) is 0 Å². The molecule has 0 aliphatic carbocycles. The Morgan fingerprint density at radius 1 is 1.25 bits per heavy atom. The molecule has 0 aromatic carbocycles. The Labute approximate surface area is 120 Å². The van der Waals surface area contributed by atoms with Gasteiger partial charge >= 0.3 is 5.97 Å². The first-order chi connectivity index (χ1) is 9.11. The zero-order valence-corrected chi connectivity index (χ0v) is 12.0. The van der Waals surface area contributed by atoms with Gasteiger partial charge in [0.15, 0.2) is 0 Å². The van der Waals surface area contributed by atoms with E-state index in [0.29, 0.717) is 0 Å². The SMILES string of the molecule is CC1(C)SC([C@H](O)[C@@H](O)[C@H](O)[C@H](O)CO)N[C@H]1C(=O)O. The topological polar surface area (TPSA) is 150 Å². The van der Waals surface area contributed by atoms with E-state index in [1.54, 1.807) is 13.8 Å². The fourth-order valence-electron chi connectivity index (χ4n) is 2.05. The van der Waals surface area contributed by atoms with E-state index in [9.17, 15) is 25.2 Å². The standard InChI is InChI=1S/C11H21NO7S/c1-11(2)8(10(18)19)12-9(20-11)7(17)6(16)5(15)4(14)3-13/h4-9,12-17H,3H2,1-2H3,(H,18,19)/t4-,5-,6+,7-,8+,9?/m1/s1. The molecule has 7 N–H and O–H groups in total. The van der Waals surface area contributed by atoms with Crippen LogP contribution in [0, 0.1) is 0 Å². The van der Waals surface area contributed by atoms with E-state index >= 15 is 0 Å². The molecule has 1 fully saturated rings. The number of hydrogen-bond acceptors (Lipinski definition) is 8. The van der Waals surface area contributed by atoms with Gasteiger partial charge in [-0.2, -0.15) is 0 Å². The number of aliphatic hydroxyl groups is 5. The number of thioether (sulfide) groups is 1. The summed E-state index contributed by atoms with van der Waals surface area (Å²) in [6.07, 6.45) is -6.54. The number of aliphatic carboxylic acids is 1. The van der Waals surface area contributed by atoms with Crippen molar-refractivity contribution in [1.29, 1.82) is 0 Å². The van der Waals surface area contributed by atoms with E-state index in [1.807, 2.05) is 0 Å². The maximum absolute atomic E-state index is 11.1. The van der Waals surface area contributed by atoms with Crippen LogP contribution in [0.2, 0.25) is 0 Å². The van der Waals surface area contributed by atoms with Gasteiger partial charge in [0.2, 0.25) is 0 Å². The van der Waals surface area contributed by atoms with Crippen LogP contribution in [-0.2, 0) is 4.79 Å². The zero-order chi connectivity index (χ0) is 15.7. The van der Waals surface area contributed by atoms with E-state index in [0.717, 1.165) is 11.8 Å². The second-order valence-corrected chi connectivity index (χ2v) is 7.10. The van der Waals surface area contributed by atoms with Crippen LogP contribution in [0.5, 0.6) is 0 Å². The quantitative estimate of drug-likeness (QED) is 0.278. The van der Waals surface area contributed by atoms with E-state index in [2.05, 4.69) is 5.32 Å². The summed E-state index contributed by atoms with van der Waals surface area (Å²) < 4.78 is -0.711. The average molecular weight is 311 g/mol. The van der Waals surface area contributed by atoms with Gasteiger partial charge in [0, 0.05) is 4.75 Å². The molecule has 0 radical (unpaired) electrons. The molecule has 0 aromatic rings. The third-order valence-corrected chi connectivity index (χ3v) is 4.81. The van der Waals surface area contributed by atoms with E-state index in [-0.39, 0.29) is 0 Å². The molecule has 9 heteroatoms. The van der Waals surface area contributed by atoms with E-state index in [1.165, 1.54) is 0 Å². The second-order valence-electron chi connectivity index (χ2n) is 5.30. The summed E-state index contributed by atoms with van der Waals surface area (Å²) in [5.74, 6) is -1.08. The molecule has 1 unspecified atom stereocenters. The van der Waals surface area contributed by atoms with Crippen LogP contribution in [0.15, 0.2) is 0 Å². The lowest BCUT2D eigenvalue weighted by Gasteiger charge is -2.29. The van der Waals surface area contributed by atoms with E-state index < -0.39 is 53.2 Å². The number of aliphatic hydroxyl groups excluding tert-OH is 5. The van der Waals surface area contributed by atoms with Crippen LogP contribution in [0.25, 0.3) is 0 Å². The predicted octanol–water partition coefficient (Wildman–Crippen LogP) is -2.68. The molecule has 8 nitrogen and oxygen atoms in total. The molecule has 1 heterocycles. The summed E-state index contributed by atoms with van der Waals surface area (Å²) in [6.45, 7) is 2.60. The molecular formula is C11H21NO7S. The number of carboxylic acids is 1. The Morgan fingerprint density at radius 2 is 1.80 bits per heavy atom. The van der Waals surface area contributed by atoms with Crippen LogP contribution >= 0.6 is 11.8 Å². The van der Waals surface area contributed by atoms with Gasteiger partial charge in [-0.15, -0.1) is 11.8 Å². The monoisotopic (exact) mass is 311 g/mol. The number of hydrogen-bond donors (Lipinski definition) is 7. The average Bonchev–Trinajstić information content (AvgIpc) is 2.70. The molecule has 1 aliphatic rings. The lowest BCUT2D eigenvalue weighted by Crippen LogP contribution is -2.53. The molecule has 0 spiro atoms. The van der Waals surface area contributed by atoms with Gasteiger partial charge in [-0.05, 0) is 13.8 Å². The molecule has 1 rings (SSSR count). The minimum Gasteiger partial charge on any atom is -0.480 e. The molecule has 1 aliphatic heterocycles. The van der Waals surface area contributed by atoms with Crippen molar-refractivity contribution in [3.05, 3.63) is 0 Å². The van der Waals surface area contributed by atoms with Gasteiger partial charge in [-0.1, -0.05) is 0 Å². The normalized spacial score (nSPS) is 31.6. The highest BCUT2D eigenvalue weighted by molar-refractivity contribution is 8.01. The Balaban J connectivity index is 2.74. The van der Waals surface area contributed by atoms with Crippen molar-refractivity contribution in [2.75, 3.05) is 6.61 Å². The minimum atomic E-state index is -1.73. The lowest BCUT2D eigenvalue weighted by molar-refractivity contribution is -0.140. The highest BCUT2D eigenvalue weighted by Crippen LogP contribution is 2.39. The molecule has 0 amide bonds. The highest BCUT2D eigenvalue weighted by atomic mass is 32.2. The molecule has 0 aromatic heterocycles. The molecule has 118 valence electrons. The lowest BCUT2D eigenvalue weighted by atomic mass is 10.0. The molecule has 1 saturated heterocycles. The van der Waals surface area contributed by atoms with Gasteiger partial charge in [-0.25, -0.2) is 0 Å². The van der Waals surface area contributed by atoms with Crippen LogP contribution < -0.4 is 5.32 Å². The van der Waals surface area contributed by atoms with Crippen molar-refractivity contribution < 1.29 is 35.4 Å². The third-order valence-electron chi connectivity index (χ3n) is 3.30. The van der Waals surface area contributed by atoms with Crippen LogP contribution in [0.3, 0.4) is 0 Å². The van der Waals surface area contributed by atoms with Crippen molar-refractivity contribution in [3.63, 3.8) is 0 Å². The Hall–Kier alpha value is -0.420. The van der Waals surface area contributed by atoms with Crippen molar-refractivity contribution in [2.45, 2.75) is 54.4 Å². The second kappa shape index (κ2) is 6.56. The summed E-state index contributed by atoms with van der Waals surface area (Å²) >= 11 is 1.12. The summed E-state index contributed by atoms with van der Waals surface area (Å²) in [5.41, 5.74) is 0. The molecule has 20 heavy (non-hydrogen) atoms. The Bertz CT molecular complexity index is 354. The van der Waals surface area contributed by atoms with E-state index in [4.69, 9.17) is 10.2 Å². The predicted molar refractivity (Wildman–Crippen MR) is 71.1 cm³/mol. The largest absolute Gasteiger partial charge is 0.480 e. The fraction of sp³-hybridized carbons (Fsp3) is 0.909. The maximum Gasteiger partial charge on any atom is 0.322 e. The summed E-state index contributed by atoms with van der Waals surface area (Å²) in [7, 11) is 0. The van der Waals surface area contributed by atoms with Gasteiger partial charge in [-0.3, -0.25) is 10.1 Å². The zero-order valence-electron chi connectivity index (χ0n) is 11.2. The van der Waals surface area contributed by atoms with Crippen LogP contribution in [0.4, 0.5) is 0 Å². The minimum absolute atomic E-state index is 0.711. The highest BCUT2D eigenvalue weighted by Gasteiger charge is 2.49. The van der Waals surface area contributed by atoms with Gasteiger partial charge in [0.05, 0.1) is 12.0 Å². The molecular weight excluding hydrogens is 290 g/mol. The number of carboxylic acid groups (broad SMARTS) is 1. The number of nitrogens with one attached hydrogen (secondary N) is 1. The van der Waals surface area contributed by atoms with Crippen LogP contribution in [-0.4, -0.2) is 83.8 Å². The first-order valence-electron chi connectivity index (χ1n) is 6.11. The molecule has 0 saturated carbocycles. The van der Waals surface area contributed by atoms with Crippen LogP contribution in [0.1, 0.15) is 13.8 Å². The summed E-state index contributed by atoms with van der Waals surface area (Å²) in [6, 6.07) is -0.917. The van der Waals surface area contributed by atoms with Crippen molar-refractivity contribution in [1.82, 2.24) is 5.32 Å².